The lowest BCUT2D eigenvalue weighted by molar-refractivity contribution is 0.00370. The first-order valence-corrected chi connectivity index (χ1v) is 4.74. The first-order chi connectivity index (χ1) is 5.12. The summed E-state index contributed by atoms with van der Waals surface area (Å²) < 4.78 is 37.1. The molecule has 1 atom stereocenters. The minimum Gasteiger partial charge on any atom is -0.381 e. The van der Waals surface area contributed by atoms with Crippen LogP contribution in [-0.4, -0.2) is 33.4 Å². The average Bonchev–Trinajstić information content (AvgIpc) is 1.85. The minimum absolute atomic E-state index is 0.235. The molecule has 0 saturated carbocycles. The van der Waals surface area contributed by atoms with Gasteiger partial charge >= 0.3 is 0 Å². The van der Waals surface area contributed by atoms with Gasteiger partial charge in [-0.1, -0.05) is 0 Å². The van der Waals surface area contributed by atoms with Crippen LogP contribution in [0.4, 0.5) is 4.39 Å². The second-order valence-corrected chi connectivity index (χ2v) is 3.66. The summed E-state index contributed by atoms with van der Waals surface area (Å²) in [4.78, 5) is 0. The van der Waals surface area contributed by atoms with E-state index in [4.69, 9.17) is 9.29 Å². The van der Waals surface area contributed by atoms with Crippen molar-refractivity contribution in [3.05, 3.63) is 0 Å². The Balaban J connectivity index is 2.43. The Labute approximate surface area is 67.2 Å². The second-order valence-electron chi connectivity index (χ2n) is 2.73. The minimum atomic E-state index is -2.03. The van der Waals surface area contributed by atoms with Crippen LogP contribution in [0.2, 0.25) is 0 Å². The molecule has 1 heterocycles. The summed E-state index contributed by atoms with van der Waals surface area (Å²) in [6, 6.07) is 0. The zero-order valence-electron chi connectivity index (χ0n) is 6.09. The molecule has 0 aromatic rings. The van der Waals surface area contributed by atoms with Crippen LogP contribution < -0.4 is 0 Å². The first kappa shape index (κ1) is 9.09. The van der Waals surface area contributed by atoms with Crippen LogP contribution in [0.15, 0.2) is 0 Å². The van der Waals surface area contributed by atoms with Crippen LogP contribution in [0, 0.1) is 0 Å². The fourth-order valence-electron chi connectivity index (χ4n) is 1.10. The summed E-state index contributed by atoms with van der Waals surface area (Å²) in [5.74, 6) is -0.281. The van der Waals surface area contributed by atoms with Crippen molar-refractivity contribution in [2.75, 3.05) is 19.0 Å². The highest BCUT2D eigenvalue weighted by molar-refractivity contribution is 7.79. The van der Waals surface area contributed by atoms with Gasteiger partial charge in [0.2, 0.25) is 0 Å². The highest BCUT2D eigenvalue weighted by Gasteiger charge is 2.33. The molecule has 0 aromatic carbocycles. The Hall–Kier alpha value is -0.0000000000000000486. The topological polar surface area (TPSA) is 46.5 Å². The highest BCUT2D eigenvalue weighted by atomic mass is 32.2. The molecule has 1 N–H and O–H groups in total. The smallest absolute Gasteiger partial charge is 0.156 e. The van der Waals surface area contributed by atoms with Gasteiger partial charge in [-0.2, -0.15) is 0 Å². The fourth-order valence-corrected chi connectivity index (χ4v) is 1.83. The monoisotopic (exact) mass is 182 g/mol. The molecule has 0 bridgehead atoms. The predicted molar refractivity (Wildman–Crippen MR) is 39.5 cm³/mol. The maximum atomic E-state index is 13.4. The van der Waals surface area contributed by atoms with Crippen molar-refractivity contribution in [3.63, 3.8) is 0 Å². The summed E-state index contributed by atoms with van der Waals surface area (Å²) >= 11 is -2.03. The lowest BCUT2D eigenvalue weighted by atomic mass is 9.99. The predicted octanol–water partition coefficient (Wildman–Crippen LogP) is 0.727. The van der Waals surface area contributed by atoms with E-state index in [1.54, 1.807) is 0 Å². The van der Waals surface area contributed by atoms with Crippen LogP contribution in [-0.2, 0) is 15.8 Å². The van der Waals surface area contributed by atoms with E-state index in [0.717, 1.165) is 0 Å². The molecule has 66 valence electrons. The lowest BCUT2D eigenvalue weighted by Gasteiger charge is -2.27. The van der Waals surface area contributed by atoms with Gasteiger partial charge < -0.3 is 9.29 Å². The van der Waals surface area contributed by atoms with Crippen LogP contribution in [0.3, 0.4) is 0 Å². The summed E-state index contributed by atoms with van der Waals surface area (Å²) in [5, 5.41) is 0. The number of alkyl halides is 1. The van der Waals surface area contributed by atoms with E-state index in [2.05, 4.69) is 0 Å². The Morgan fingerprint density at radius 2 is 2.09 bits per heavy atom. The molecule has 0 aliphatic carbocycles. The van der Waals surface area contributed by atoms with Crippen molar-refractivity contribution in [3.8, 4) is 0 Å². The second kappa shape index (κ2) is 3.60. The van der Waals surface area contributed by atoms with Gasteiger partial charge in [0.1, 0.15) is 5.67 Å². The van der Waals surface area contributed by atoms with E-state index in [1.165, 1.54) is 0 Å². The molecule has 0 amide bonds. The SMILES string of the molecule is O=S(O)CC1(F)CCOCC1. The van der Waals surface area contributed by atoms with Gasteiger partial charge in [0, 0.05) is 26.1 Å². The van der Waals surface area contributed by atoms with Crippen LogP contribution in [0.5, 0.6) is 0 Å². The van der Waals surface area contributed by atoms with Crippen molar-refractivity contribution >= 4 is 11.1 Å². The number of halogens is 1. The van der Waals surface area contributed by atoms with E-state index < -0.39 is 16.7 Å². The lowest BCUT2D eigenvalue weighted by Crippen LogP contribution is -2.36. The molecule has 1 aliphatic heterocycles. The Morgan fingerprint density at radius 3 is 2.55 bits per heavy atom. The third-order valence-electron chi connectivity index (χ3n) is 1.77. The van der Waals surface area contributed by atoms with E-state index in [9.17, 15) is 8.60 Å². The van der Waals surface area contributed by atoms with Gasteiger partial charge in [-0.05, 0) is 0 Å². The maximum absolute atomic E-state index is 13.4. The number of hydrogen-bond acceptors (Lipinski definition) is 2. The van der Waals surface area contributed by atoms with Crippen molar-refractivity contribution in [1.29, 1.82) is 0 Å². The Morgan fingerprint density at radius 1 is 1.55 bits per heavy atom. The van der Waals surface area contributed by atoms with Gasteiger partial charge in [0.15, 0.2) is 11.1 Å². The average molecular weight is 182 g/mol. The number of ether oxygens (including phenoxy) is 1. The molecular formula is C6H11FO3S. The Bertz CT molecular complexity index is 156. The summed E-state index contributed by atoms with van der Waals surface area (Å²) in [7, 11) is 0. The third-order valence-corrected chi connectivity index (χ3v) is 2.54. The van der Waals surface area contributed by atoms with Gasteiger partial charge in [0.25, 0.3) is 0 Å². The van der Waals surface area contributed by atoms with Gasteiger partial charge in [0.05, 0.1) is 5.75 Å². The zero-order valence-corrected chi connectivity index (χ0v) is 6.90. The van der Waals surface area contributed by atoms with E-state index in [0.29, 0.717) is 13.2 Å². The van der Waals surface area contributed by atoms with Crippen molar-refractivity contribution in [2.24, 2.45) is 0 Å². The maximum Gasteiger partial charge on any atom is 0.156 e. The number of hydrogen-bond donors (Lipinski definition) is 1. The van der Waals surface area contributed by atoms with E-state index in [-0.39, 0.29) is 18.6 Å². The van der Waals surface area contributed by atoms with E-state index >= 15 is 0 Å². The molecule has 1 aliphatic rings. The van der Waals surface area contributed by atoms with Gasteiger partial charge in [-0.25, -0.2) is 8.60 Å². The molecule has 0 aromatic heterocycles. The van der Waals surface area contributed by atoms with Gasteiger partial charge in [-0.3, -0.25) is 0 Å². The molecule has 1 rings (SSSR count). The molecule has 5 heteroatoms. The molecule has 1 saturated heterocycles. The first-order valence-electron chi connectivity index (χ1n) is 3.46. The summed E-state index contributed by atoms with van der Waals surface area (Å²) in [6.07, 6.45) is 0.471. The summed E-state index contributed by atoms with van der Waals surface area (Å²) in [5.41, 5.74) is -1.47. The molecule has 3 nitrogen and oxygen atoms in total. The Kier molecular flexibility index (Phi) is 2.98. The quantitative estimate of drug-likeness (QED) is 0.640. The van der Waals surface area contributed by atoms with Crippen LogP contribution in [0.1, 0.15) is 12.8 Å². The van der Waals surface area contributed by atoms with Crippen molar-refractivity contribution < 1.29 is 17.9 Å². The normalized spacial score (nSPS) is 26.4. The van der Waals surface area contributed by atoms with Crippen molar-refractivity contribution in [2.45, 2.75) is 18.5 Å². The van der Waals surface area contributed by atoms with E-state index in [1.807, 2.05) is 0 Å². The fraction of sp³-hybridized carbons (Fsp3) is 1.00. The molecule has 11 heavy (non-hydrogen) atoms. The van der Waals surface area contributed by atoms with Gasteiger partial charge in [-0.15, -0.1) is 0 Å². The third kappa shape index (κ3) is 2.84. The highest BCUT2D eigenvalue weighted by Crippen LogP contribution is 2.25. The molecule has 0 radical (unpaired) electrons. The largest absolute Gasteiger partial charge is 0.381 e. The molecule has 1 fully saturated rings. The molecule has 0 spiro atoms. The zero-order chi connectivity index (χ0) is 8.32. The van der Waals surface area contributed by atoms with Crippen LogP contribution in [0.25, 0.3) is 0 Å². The standard InChI is InChI=1S/C6H11FO3S/c7-6(5-11(8)9)1-3-10-4-2-6/h1-5H2,(H,8,9). The molecular weight excluding hydrogens is 171 g/mol. The number of rotatable bonds is 2. The van der Waals surface area contributed by atoms with Crippen molar-refractivity contribution in [1.82, 2.24) is 0 Å². The van der Waals surface area contributed by atoms with Crippen LogP contribution >= 0.6 is 0 Å². The molecule has 1 unspecified atom stereocenters. The summed E-state index contributed by atoms with van der Waals surface area (Å²) in [6.45, 7) is 0.710.